The van der Waals surface area contributed by atoms with Gasteiger partial charge in [-0.2, -0.15) is 8.42 Å². The Morgan fingerprint density at radius 3 is 2.38 bits per heavy atom. The summed E-state index contributed by atoms with van der Waals surface area (Å²) in [6.45, 7) is 8.45. The zero-order valence-corrected chi connectivity index (χ0v) is 24.4. The number of imide groups is 1. The van der Waals surface area contributed by atoms with Gasteiger partial charge in [0.2, 0.25) is 0 Å². The summed E-state index contributed by atoms with van der Waals surface area (Å²) in [6, 6.07) is 18.4. The normalized spacial score (nSPS) is 14.7. The first-order valence-corrected chi connectivity index (χ1v) is 15.1. The number of rotatable bonds is 11. The van der Waals surface area contributed by atoms with Crippen LogP contribution in [0.3, 0.4) is 0 Å². The van der Waals surface area contributed by atoms with Crippen molar-refractivity contribution in [1.29, 1.82) is 0 Å². The fourth-order valence-corrected chi connectivity index (χ4v) is 5.87. The van der Waals surface area contributed by atoms with Crippen LogP contribution in [-0.2, 0) is 14.9 Å². The van der Waals surface area contributed by atoms with Gasteiger partial charge in [0, 0.05) is 0 Å². The maximum atomic E-state index is 13.0. The van der Waals surface area contributed by atoms with Crippen LogP contribution in [-0.4, -0.2) is 44.2 Å². The van der Waals surface area contributed by atoms with E-state index in [1.165, 1.54) is 18.2 Å². The summed E-state index contributed by atoms with van der Waals surface area (Å²) in [5, 5.41) is -0.382. The van der Waals surface area contributed by atoms with E-state index in [0.717, 1.165) is 33.5 Å². The second kappa shape index (κ2) is 12.6. The van der Waals surface area contributed by atoms with E-state index in [0.29, 0.717) is 5.56 Å². The molecule has 40 heavy (non-hydrogen) atoms. The number of hydrogen-bond acceptors (Lipinski definition) is 8. The predicted molar refractivity (Wildman–Crippen MR) is 155 cm³/mol. The van der Waals surface area contributed by atoms with Crippen LogP contribution in [0.2, 0.25) is 0 Å². The summed E-state index contributed by atoms with van der Waals surface area (Å²) >= 11 is 0.839. The molecule has 0 atom stereocenters. The van der Waals surface area contributed by atoms with Crippen molar-refractivity contribution in [3.05, 3.63) is 88.3 Å². The summed E-state index contributed by atoms with van der Waals surface area (Å²) in [5.41, 5.74) is 2.68. The molecule has 8 nitrogen and oxygen atoms in total. The Kier molecular flexibility index (Phi) is 9.21. The number of carbonyl (C=O) groups excluding carboxylic acids is 2. The van der Waals surface area contributed by atoms with Gasteiger partial charge < -0.3 is 13.7 Å². The van der Waals surface area contributed by atoms with E-state index >= 15 is 0 Å². The highest BCUT2D eigenvalue weighted by Crippen LogP contribution is 2.36. The number of hydrogen-bond donors (Lipinski definition) is 0. The van der Waals surface area contributed by atoms with Crippen molar-refractivity contribution in [3.63, 3.8) is 0 Å². The van der Waals surface area contributed by atoms with Crippen molar-refractivity contribution >= 4 is 39.1 Å². The zero-order chi connectivity index (χ0) is 28.9. The molecule has 10 heteroatoms. The molecule has 0 radical (unpaired) electrons. The molecule has 1 fully saturated rings. The van der Waals surface area contributed by atoms with Crippen LogP contribution in [0.5, 0.6) is 17.2 Å². The first-order valence-electron chi connectivity index (χ1n) is 12.8. The zero-order valence-electron chi connectivity index (χ0n) is 22.7. The molecule has 210 valence electrons. The Morgan fingerprint density at radius 2 is 1.68 bits per heavy atom. The van der Waals surface area contributed by atoms with Crippen molar-refractivity contribution in [2.75, 3.05) is 19.8 Å². The lowest BCUT2D eigenvalue weighted by atomic mass is 10.0. The van der Waals surface area contributed by atoms with Gasteiger partial charge in [0.1, 0.15) is 17.3 Å². The van der Waals surface area contributed by atoms with E-state index in [1.54, 1.807) is 43.3 Å². The van der Waals surface area contributed by atoms with Gasteiger partial charge in [-0.25, -0.2) is 0 Å². The third-order valence-corrected chi connectivity index (χ3v) is 8.19. The lowest BCUT2D eigenvalue weighted by Gasteiger charge is -2.17. The summed E-state index contributed by atoms with van der Waals surface area (Å²) in [7, 11) is -4.07. The first-order chi connectivity index (χ1) is 19.1. The van der Waals surface area contributed by atoms with Crippen molar-refractivity contribution < 1.29 is 31.7 Å². The van der Waals surface area contributed by atoms with Crippen LogP contribution in [0, 0.1) is 6.92 Å². The van der Waals surface area contributed by atoms with Crippen LogP contribution in [0.4, 0.5) is 4.79 Å². The molecule has 3 aromatic rings. The van der Waals surface area contributed by atoms with Gasteiger partial charge >= 0.3 is 10.1 Å². The van der Waals surface area contributed by atoms with Gasteiger partial charge in [0.15, 0.2) is 11.5 Å². The van der Waals surface area contributed by atoms with E-state index in [4.69, 9.17) is 13.7 Å². The standard InChI is InChI=1S/C30H31NO7S2/c1-5-36-27-18-22(12-14-25(27)38-40(34,35)23-9-7-6-8-10-23)19-28-29(32)31(30(33)39-28)15-16-37-26-17-21(4)11-13-24(26)20(2)3/h6-14,17-20H,5,15-16H2,1-4H3/b28-19-. The fraction of sp³-hybridized carbons (Fsp3) is 0.267. The molecule has 0 aromatic heterocycles. The summed E-state index contributed by atoms with van der Waals surface area (Å²) in [4.78, 5) is 27.1. The molecule has 0 saturated carbocycles. The lowest BCUT2D eigenvalue weighted by Crippen LogP contribution is -2.32. The number of ether oxygens (including phenoxy) is 2. The Bertz CT molecular complexity index is 1530. The van der Waals surface area contributed by atoms with Crippen LogP contribution in [0.25, 0.3) is 6.08 Å². The largest absolute Gasteiger partial charge is 0.491 e. The van der Waals surface area contributed by atoms with Crippen molar-refractivity contribution in [2.24, 2.45) is 0 Å². The molecule has 0 aliphatic carbocycles. The fourth-order valence-electron chi connectivity index (χ4n) is 4.04. The third-order valence-electron chi connectivity index (χ3n) is 6.03. The SMILES string of the molecule is CCOc1cc(/C=C2\SC(=O)N(CCOc3cc(C)ccc3C(C)C)C2=O)ccc1OS(=O)(=O)c1ccccc1. The van der Waals surface area contributed by atoms with Gasteiger partial charge in [-0.3, -0.25) is 14.5 Å². The molecular weight excluding hydrogens is 550 g/mol. The Morgan fingerprint density at radius 1 is 0.925 bits per heavy atom. The quantitative estimate of drug-likeness (QED) is 0.189. The number of nitrogens with zero attached hydrogens (tertiary/aromatic N) is 1. The predicted octanol–water partition coefficient (Wildman–Crippen LogP) is 6.40. The van der Waals surface area contributed by atoms with Crippen LogP contribution in [0.1, 0.15) is 43.4 Å². The molecule has 1 heterocycles. The number of benzene rings is 3. The Balaban J connectivity index is 1.47. The van der Waals surface area contributed by atoms with Crippen molar-refractivity contribution in [2.45, 2.75) is 38.5 Å². The highest BCUT2D eigenvalue weighted by Gasteiger charge is 2.35. The minimum absolute atomic E-state index is 0.0157. The van der Waals surface area contributed by atoms with Crippen LogP contribution < -0.4 is 13.7 Å². The minimum atomic E-state index is -4.07. The van der Waals surface area contributed by atoms with Gasteiger partial charge in [0.05, 0.1) is 18.1 Å². The number of aryl methyl sites for hydroxylation is 1. The molecule has 0 unspecified atom stereocenters. The van der Waals surface area contributed by atoms with E-state index in [1.807, 2.05) is 25.1 Å². The van der Waals surface area contributed by atoms with E-state index in [2.05, 4.69) is 13.8 Å². The smallest absolute Gasteiger partial charge is 0.339 e. The second-order valence-electron chi connectivity index (χ2n) is 9.37. The number of carbonyl (C=O) groups is 2. The topological polar surface area (TPSA) is 99.2 Å². The monoisotopic (exact) mass is 581 g/mol. The first kappa shape index (κ1) is 29.2. The minimum Gasteiger partial charge on any atom is -0.491 e. The lowest BCUT2D eigenvalue weighted by molar-refractivity contribution is -0.123. The molecule has 0 bridgehead atoms. The van der Waals surface area contributed by atoms with Crippen molar-refractivity contribution in [3.8, 4) is 17.2 Å². The van der Waals surface area contributed by atoms with Gasteiger partial charge in [0.25, 0.3) is 11.1 Å². The molecule has 3 aromatic carbocycles. The molecule has 1 saturated heterocycles. The van der Waals surface area contributed by atoms with Crippen molar-refractivity contribution in [1.82, 2.24) is 4.90 Å². The highest BCUT2D eigenvalue weighted by atomic mass is 32.2. The highest BCUT2D eigenvalue weighted by molar-refractivity contribution is 8.18. The van der Waals surface area contributed by atoms with Gasteiger partial charge in [-0.1, -0.05) is 50.2 Å². The van der Waals surface area contributed by atoms with E-state index in [9.17, 15) is 18.0 Å². The maximum Gasteiger partial charge on any atom is 0.339 e. The number of amides is 2. The van der Waals surface area contributed by atoms with Crippen LogP contribution >= 0.6 is 11.8 Å². The Hall–Kier alpha value is -3.76. The summed E-state index contributed by atoms with van der Waals surface area (Å²) in [6.07, 6.45) is 1.57. The molecule has 0 spiro atoms. The molecule has 2 amide bonds. The number of thioether (sulfide) groups is 1. The Labute approximate surface area is 239 Å². The molecule has 4 rings (SSSR count). The molecule has 1 aliphatic rings. The van der Waals surface area contributed by atoms with Gasteiger partial charge in [-0.15, -0.1) is 0 Å². The maximum absolute atomic E-state index is 13.0. The third kappa shape index (κ3) is 6.86. The average Bonchev–Trinajstić information content (AvgIpc) is 3.18. The summed E-state index contributed by atoms with van der Waals surface area (Å²) in [5.74, 6) is 0.814. The molecule has 0 N–H and O–H groups in total. The molecular formula is C30H31NO7S2. The summed E-state index contributed by atoms with van der Waals surface area (Å²) < 4.78 is 42.3. The second-order valence-corrected chi connectivity index (χ2v) is 11.9. The van der Waals surface area contributed by atoms with E-state index < -0.39 is 16.0 Å². The van der Waals surface area contributed by atoms with Crippen LogP contribution in [0.15, 0.2) is 76.5 Å². The molecule has 1 aliphatic heterocycles. The van der Waals surface area contributed by atoms with Gasteiger partial charge in [-0.05, 0) is 84.6 Å². The van der Waals surface area contributed by atoms with E-state index in [-0.39, 0.29) is 52.2 Å². The average molecular weight is 582 g/mol.